The number of hydrogen-bond acceptors (Lipinski definition) is 4. The predicted molar refractivity (Wildman–Crippen MR) is 104 cm³/mol. The Labute approximate surface area is 167 Å². The molecule has 0 saturated carbocycles. The van der Waals surface area contributed by atoms with Gasteiger partial charge in [-0.25, -0.2) is 0 Å². The number of alkyl halides is 1. The maximum absolute atomic E-state index is 13.3. The Balaban J connectivity index is 0.000000872. The molecule has 0 aromatic heterocycles. The van der Waals surface area contributed by atoms with Crippen LogP contribution in [0.3, 0.4) is 0 Å². The first-order valence-electron chi connectivity index (χ1n) is 8.77. The molecule has 27 heavy (non-hydrogen) atoms. The molecule has 144 valence electrons. The van der Waals surface area contributed by atoms with E-state index >= 15 is 0 Å². The number of hydrogen-bond donors (Lipinski definition) is 2. The van der Waals surface area contributed by atoms with Crippen molar-refractivity contribution >= 4 is 40.7 Å². The van der Waals surface area contributed by atoms with E-state index in [1.54, 1.807) is 30.1 Å². The molecule has 5 atom stereocenters. The second kappa shape index (κ2) is 6.21. The van der Waals surface area contributed by atoms with E-state index in [0.29, 0.717) is 29.4 Å². The smallest absolute Gasteiger partial charge is 0.250 e. The summed E-state index contributed by atoms with van der Waals surface area (Å²) in [5.74, 6) is -0.910. The Morgan fingerprint density at radius 3 is 2.74 bits per heavy atom. The fraction of sp³-hybridized carbons (Fsp3) is 0.474. The number of nitrogens with zero attached hydrogens (tertiary/aromatic N) is 2. The van der Waals surface area contributed by atoms with Gasteiger partial charge in [0.25, 0.3) is 0 Å². The zero-order valence-corrected chi connectivity index (χ0v) is 16.6. The zero-order valence-electron chi connectivity index (χ0n) is 15.1. The predicted octanol–water partition coefficient (Wildman–Crippen LogP) is 2.01. The number of likely N-dealkylation sites (tertiary alicyclic amines) is 1. The van der Waals surface area contributed by atoms with Crippen molar-refractivity contribution < 1.29 is 14.7 Å². The van der Waals surface area contributed by atoms with E-state index in [-0.39, 0.29) is 29.7 Å². The zero-order chi connectivity index (χ0) is 19.7. The Hall–Kier alpha value is -1.60. The molecule has 2 amide bonds. The molecule has 4 aliphatic rings. The third-order valence-electron chi connectivity index (χ3n) is 6.39. The second-order valence-electron chi connectivity index (χ2n) is 7.41. The Bertz CT molecular complexity index is 861. The number of fused-ring (bicyclic) bond motifs is 7. The lowest BCUT2D eigenvalue weighted by molar-refractivity contribution is -0.130. The van der Waals surface area contributed by atoms with Crippen LogP contribution in [0.15, 0.2) is 30.5 Å². The molecule has 1 aromatic carbocycles. The SMILES string of the molecule is C=C1[C@H]2[C@@H](C(=O)N1C)[C@H]1C[C@H](O)CN1[C@]21C(=O)Nc2ccc(Cl)cc21.CCl. The molecule has 3 saturated heterocycles. The number of nitrogens with one attached hydrogen (secondary N) is 1. The molecule has 0 unspecified atom stereocenters. The van der Waals surface area contributed by atoms with Gasteiger partial charge in [-0.15, -0.1) is 11.6 Å². The van der Waals surface area contributed by atoms with Crippen molar-refractivity contribution in [3.8, 4) is 0 Å². The molecule has 4 aliphatic heterocycles. The molecule has 0 aliphatic carbocycles. The first kappa shape index (κ1) is 18.7. The Morgan fingerprint density at radius 1 is 1.33 bits per heavy atom. The molecular formula is C19H21Cl2N3O3. The van der Waals surface area contributed by atoms with E-state index < -0.39 is 11.6 Å². The first-order chi connectivity index (χ1) is 12.9. The molecule has 2 N–H and O–H groups in total. The summed E-state index contributed by atoms with van der Waals surface area (Å²) < 4.78 is 0. The van der Waals surface area contributed by atoms with Gasteiger partial charge in [0.15, 0.2) is 0 Å². The van der Waals surface area contributed by atoms with Gasteiger partial charge in [0.1, 0.15) is 5.54 Å². The van der Waals surface area contributed by atoms with E-state index in [4.69, 9.17) is 11.6 Å². The lowest BCUT2D eigenvalue weighted by atomic mass is 9.74. The highest BCUT2D eigenvalue weighted by Gasteiger charge is 2.73. The average molecular weight is 410 g/mol. The van der Waals surface area contributed by atoms with Gasteiger partial charge in [0.2, 0.25) is 11.8 Å². The summed E-state index contributed by atoms with van der Waals surface area (Å²) in [5.41, 5.74) is 1.11. The number of rotatable bonds is 0. The van der Waals surface area contributed by atoms with E-state index in [1.807, 2.05) is 4.90 Å². The standard InChI is InChI=1S/C18H18ClN3O3.CH3Cl/c1-8-15-14(16(24)21(8)2)13-6-10(23)7-22(13)18(15)11-5-9(19)3-4-12(11)20-17(18)25;1-2/h3-5,10,13-15,23H,1,6-7H2,2H3,(H,20,25);1H3/t10-,13+,14-,15-,18-;/m0./s1. The molecule has 0 radical (unpaired) electrons. The van der Waals surface area contributed by atoms with Gasteiger partial charge in [-0.1, -0.05) is 18.2 Å². The van der Waals surface area contributed by atoms with Gasteiger partial charge >= 0.3 is 0 Å². The first-order valence-corrected chi connectivity index (χ1v) is 9.91. The van der Waals surface area contributed by atoms with Crippen molar-refractivity contribution in [2.45, 2.75) is 24.1 Å². The molecule has 1 spiro atoms. The van der Waals surface area contributed by atoms with Crippen LogP contribution >= 0.6 is 23.2 Å². The number of aliphatic hydroxyl groups is 1. The van der Waals surface area contributed by atoms with E-state index in [0.717, 1.165) is 5.56 Å². The topological polar surface area (TPSA) is 72.9 Å². The molecule has 5 rings (SSSR count). The number of benzene rings is 1. The van der Waals surface area contributed by atoms with Crippen LogP contribution in [0.25, 0.3) is 0 Å². The lowest BCUT2D eigenvalue weighted by Gasteiger charge is -2.37. The van der Waals surface area contributed by atoms with Crippen LogP contribution in [0.1, 0.15) is 12.0 Å². The van der Waals surface area contributed by atoms with Crippen molar-refractivity contribution in [1.29, 1.82) is 0 Å². The third kappa shape index (κ3) is 2.15. The van der Waals surface area contributed by atoms with Gasteiger partial charge in [-0.3, -0.25) is 14.5 Å². The molecule has 0 bridgehead atoms. The monoisotopic (exact) mass is 409 g/mol. The maximum atomic E-state index is 13.3. The fourth-order valence-electron chi connectivity index (χ4n) is 5.45. The van der Waals surface area contributed by atoms with Crippen molar-refractivity contribution in [2.75, 3.05) is 25.3 Å². The van der Waals surface area contributed by atoms with Gasteiger partial charge in [0, 0.05) is 53.9 Å². The molecule has 1 aromatic rings. The van der Waals surface area contributed by atoms with Crippen LogP contribution in [0.4, 0.5) is 5.69 Å². The highest BCUT2D eigenvalue weighted by atomic mass is 35.5. The highest BCUT2D eigenvalue weighted by molar-refractivity contribution is 6.31. The lowest BCUT2D eigenvalue weighted by Crippen LogP contribution is -2.52. The Kier molecular flexibility index (Phi) is 4.31. The highest BCUT2D eigenvalue weighted by Crippen LogP contribution is 2.62. The minimum absolute atomic E-state index is 0.0285. The minimum atomic E-state index is -1.04. The summed E-state index contributed by atoms with van der Waals surface area (Å²) >= 11 is 10.9. The molecule has 4 heterocycles. The second-order valence-corrected chi connectivity index (χ2v) is 7.85. The largest absolute Gasteiger partial charge is 0.392 e. The van der Waals surface area contributed by atoms with E-state index in [1.165, 1.54) is 6.38 Å². The maximum Gasteiger partial charge on any atom is 0.250 e. The number of carbonyl (C=O) groups is 2. The van der Waals surface area contributed by atoms with Gasteiger partial charge in [-0.2, -0.15) is 0 Å². The fourth-order valence-corrected chi connectivity index (χ4v) is 5.63. The summed E-state index contributed by atoms with van der Waals surface area (Å²) in [6, 6.07) is 5.16. The number of amides is 2. The normalized spacial score (nSPS) is 36.5. The van der Waals surface area contributed by atoms with E-state index in [2.05, 4.69) is 23.5 Å². The molecule has 3 fully saturated rings. The summed E-state index contributed by atoms with van der Waals surface area (Å²) in [4.78, 5) is 29.7. The molecular weight excluding hydrogens is 389 g/mol. The van der Waals surface area contributed by atoms with Crippen LogP contribution < -0.4 is 5.32 Å². The van der Waals surface area contributed by atoms with Crippen LogP contribution in [0, 0.1) is 11.8 Å². The minimum Gasteiger partial charge on any atom is -0.392 e. The quantitative estimate of drug-likeness (QED) is 0.642. The van der Waals surface area contributed by atoms with Crippen molar-refractivity contribution in [2.24, 2.45) is 11.8 Å². The van der Waals surface area contributed by atoms with Gasteiger partial charge in [-0.05, 0) is 24.6 Å². The van der Waals surface area contributed by atoms with Crippen molar-refractivity contribution in [1.82, 2.24) is 9.80 Å². The van der Waals surface area contributed by atoms with Crippen LogP contribution in [0.5, 0.6) is 0 Å². The van der Waals surface area contributed by atoms with Crippen LogP contribution in [-0.2, 0) is 15.1 Å². The van der Waals surface area contributed by atoms with Gasteiger partial charge < -0.3 is 15.3 Å². The summed E-state index contributed by atoms with van der Waals surface area (Å²) in [6.07, 6.45) is 1.41. The number of carbonyl (C=O) groups excluding carboxylic acids is 2. The summed E-state index contributed by atoms with van der Waals surface area (Å²) in [7, 11) is 1.71. The van der Waals surface area contributed by atoms with Crippen LogP contribution in [0.2, 0.25) is 5.02 Å². The Morgan fingerprint density at radius 2 is 2.04 bits per heavy atom. The van der Waals surface area contributed by atoms with E-state index in [9.17, 15) is 14.7 Å². The van der Waals surface area contributed by atoms with Gasteiger partial charge in [0.05, 0.1) is 12.0 Å². The molecule has 6 nitrogen and oxygen atoms in total. The van der Waals surface area contributed by atoms with Crippen LogP contribution in [-0.4, -0.2) is 58.8 Å². The molecule has 8 heteroatoms. The summed E-state index contributed by atoms with van der Waals surface area (Å²) in [5, 5.41) is 13.8. The number of anilines is 1. The number of halogens is 2. The third-order valence-corrected chi connectivity index (χ3v) is 6.63. The number of aliphatic hydroxyl groups excluding tert-OH is 1. The van der Waals surface area contributed by atoms with Crippen molar-refractivity contribution in [3.05, 3.63) is 41.1 Å². The average Bonchev–Trinajstić information content (AvgIpc) is 3.30. The summed E-state index contributed by atoms with van der Waals surface area (Å²) in [6.45, 7) is 4.49. The van der Waals surface area contributed by atoms with Crippen molar-refractivity contribution in [3.63, 3.8) is 0 Å².